The van der Waals surface area contributed by atoms with Gasteiger partial charge in [-0.15, -0.1) is 0 Å². The van der Waals surface area contributed by atoms with E-state index in [0.717, 1.165) is 35.4 Å². The Morgan fingerprint density at radius 1 is 1.37 bits per heavy atom. The monoisotopic (exact) mass is 328 g/mol. The predicted octanol–water partition coefficient (Wildman–Crippen LogP) is 3.80. The standard InChI is InChI=1S/C15H25BrN2O/c1-11(2)12-4-3-8-18(9-7-12)13(10-17)14-5-6-15(16)19-14/h5-6,11-13H,3-4,7-10,17H2,1-2H3. The van der Waals surface area contributed by atoms with Crippen molar-refractivity contribution >= 4 is 15.9 Å². The molecule has 1 fully saturated rings. The van der Waals surface area contributed by atoms with E-state index in [0.29, 0.717) is 6.54 Å². The van der Waals surface area contributed by atoms with Crippen molar-refractivity contribution in [1.29, 1.82) is 0 Å². The van der Waals surface area contributed by atoms with Crippen molar-refractivity contribution in [3.63, 3.8) is 0 Å². The van der Waals surface area contributed by atoms with Gasteiger partial charge >= 0.3 is 0 Å². The van der Waals surface area contributed by atoms with Crippen molar-refractivity contribution in [2.45, 2.75) is 39.2 Å². The average Bonchev–Trinajstić information content (AvgIpc) is 2.65. The Hall–Kier alpha value is -0.320. The number of hydrogen-bond donors (Lipinski definition) is 1. The Balaban J connectivity index is 2.03. The fourth-order valence-corrected chi connectivity index (χ4v) is 3.39. The fourth-order valence-electron chi connectivity index (χ4n) is 3.08. The second kappa shape index (κ2) is 6.91. The molecule has 0 spiro atoms. The van der Waals surface area contributed by atoms with Crippen LogP contribution in [0.1, 0.15) is 44.9 Å². The van der Waals surface area contributed by atoms with Gasteiger partial charge in [-0.05, 0) is 72.3 Å². The highest BCUT2D eigenvalue weighted by Gasteiger charge is 2.26. The van der Waals surface area contributed by atoms with Gasteiger partial charge in [-0.1, -0.05) is 13.8 Å². The van der Waals surface area contributed by atoms with Crippen molar-refractivity contribution in [2.24, 2.45) is 17.6 Å². The third-order valence-corrected chi connectivity index (χ3v) is 4.76. The van der Waals surface area contributed by atoms with Crippen LogP contribution in [0.15, 0.2) is 21.2 Å². The summed E-state index contributed by atoms with van der Waals surface area (Å²) in [5.74, 6) is 2.62. The number of nitrogens with zero attached hydrogens (tertiary/aromatic N) is 1. The summed E-state index contributed by atoms with van der Waals surface area (Å²) in [5.41, 5.74) is 5.97. The summed E-state index contributed by atoms with van der Waals surface area (Å²) in [6.45, 7) is 7.55. The summed E-state index contributed by atoms with van der Waals surface area (Å²) < 4.78 is 6.49. The Morgan fingerprint density at radius 3 is 2.74 bits per heavy atom. The van der Waals surface area contributed by atoms with Crippen LogP contribution in [0.5, 0.6) is 0 Å². The molecule has 0 aliphatic carbocycles. The summed E-state index contributed by atoms with van der Waals surface area (Å²) in [6.07, 6.45) is 3.88. The largest absolute Gasteiger partial charge is 0.453 e. The van der Waals surface area contributed by atoms with E-state index in [4.69, 9.17) is 10.2 Å². The maximum Gasteiger partial charge on any atom is 0.169 e. The summed E-state index contributed by atoms with van der Waals surface area (Å²) in [4.78, 5) is 2.49. The van der Waals surface area contributed by atoms with Crippen molar-refractivity contribution in [2.75, 3.05) is 19.6 Å². The zero-order chi connectivity index (χ0) is 13.8. The van der Waals surface area contributed by atoms with E-state index in [1.165, 1.54) is 19.3 Å². The Morgan fingerprint density at radius 2 is 2.16 bits per heavy atom. The lowest BCUT2D eigenvalue weighted by atomic mass is 9.89. The van der Waals surface area contributed by atoms with Gasteiger partial charge in [-0.2, -0.15) is 0 Å². The van der Waals surface area contributed by atoms with E-state index in [1.807, 2.05) is 12.1 Å². The van der Waals surface area contributed by atoms with Gasteiger partial charge in [0, 0.05) is 6.54 Å². The van der Waals surface area contributed by atoms with Crippen LogP contribution in [0.2, 0.25) is 0 Å². The highest BCUT2D eigenvalue weighted by atomic mass is 79.9. The lowest BCUT2D eigenvalue weighted by Crippen LogP contribution is -2.34. The highest BCUT2D eigenvalue weighted by molar-refractivity contribution is 9.10. The molecule has 2 N–H and O–H groups in total. The number of hydrogen-bond acceptors (Lipinski definition) is 3. The number of rotatable bonds is 4. The summed E-state index contributed by atoms with van der Waals surface area (Å²) >= 11 is 3.37. The zero-order valence-electron chi connectivity index (χ0n) is 11.9. The first kappa shape index (κ1) is 15.1. The minimum atomic E-state index is 0.220. The molecular weight excluding hydrogens is 304 g/mol. The SMILES string of the molecule is CC(C)C1CCCN(C(CN)c2ccc(Br)o2)CC1. The first-order chi connectivity index (χ1) is 9.11. The van der Waals surface area contributed by atoms with E-state index >= 15 is 0 Å². The molecule has 2 rings (SSSR count). The van der Waals surface area contributed by atoms with Crippen LogP contribution in [-0.2, 0) is 0 Å². The number of nitrogens with two attached hydrogens (primary N) is 1. The van der Waals surface area contributed by atoms with Crippen molar-refractivity contribution in [1.82, 2.24) is 4.90 Å². The lowest BCUT2D eigenvalue weighted by Gasteiger charge is -2.28. The number of furan rings is 1. The van der Waals surface area contributed by atoms with Gasteiger partial charge < -0.3 is 10.2 Å². The van der Waals surface area contributed by atoms with E-state index in [9.17, 15) is 0 Å². The van der Waals surface area contributed by atoms with Crippen LogP contribution in [0.3, 0.4) is 0 Å². The molecule has 1 aromatic rings. The minimum absolute atomic E-state index is 0.220. The maximum atomic E-state index is 5.97. The van der Waals surface area contributed by atoms with Gasteiger partial charge in [-0.3, -0.25) is 4.90 Å². The van der Waals surface area contributed by atoms with Crippen LogP contribution >= 0.6 is 15.9 Å². The van der Waals surface area contributed by atoms with Gasteiger partial charge in [0.2, 0.25) is 0 Å². The normalized spacial score (nSPS) is 23.5. The van der Waals surface area contributed by atoms with E-state index in [-0.39, 0.29) is 6.04 Å². The molecule has 4 heteroatoms. The molecule has 3 nitrogen and oxygen atoms in total. The highest BCUT2D eigenvalue weighted by Crippen LogP contribution is 2.30. The molecule has 2 unspecified atom stereocenters. The minimum Gasteiger partial charge on any atom is -0.453 e. The Bertz CT molecular complexity index is 391. The summed E-state index contributed by atoms with van der Waals surface area (Å²) in [7, 11) is 0. The van der Waals surface area contributed by atoms with Crippen molar-refractivity contribution in [3.05, 3.63) is 22.6 Å². The molecule has 108 valence electrons. The molecule has 1 saturated heterocycles. The second-order valence-electron chi connectivity index (χ2n) is 5.86. The molecule has 0 radical (unpaired) electrons. The third-order valence-electron chi connectivity index (χ3n) is 4.34. The van der Waals surface area contributed by atoms with E-state index < -0.39 is 0 Å². The first-order valence-electron chi connectivity index (χ1n) is 7.31. The quantitative estimate of drug-likeness (QED) is 0.914. The van der Waals surface area contributed by atoms with Crippen LogP contribution in [-0.4, -0.2) is 24.5 Å². The molecule has 0 amide bonds. The predicted molar refractivity (Wildman–Crippen MR) is 82.0 cm³/mol. The molecule has 0 saturated carbocycles. The maximum absolute atomic E-state index is 5.97. The van der Waals surface area contributed by atoms with Gasteiger partial charge in [0.15, 0.2) is 4.67 Å². The summed E-state index contributed by atoms with van der Waals surface area (Å²) in [5, 5.41) is 0. The second-order valence-corrected chi connectivity index (χ2v) is 6.65. The van der Waals surface area contributed by atoms with Crippen LogP contribution in [0.25, 0.3) is 0 Å². The molecule has 19 heavy (non-hydrogen) atoms. The van der Waals surface area contributed by atoms with Crippen LogP contribution in [0, 0.1) is 11.8 Å². The molecule has 1 aliphatic heterocycles. The van der Waals surface area contributed by atoms with Crippen LogP contribution < -0.4 is 5.73 Å². The molecule has 2 heterocycles. The molecule has 1 aromatic heterocycles. The summed E-state index contributed by atoms with van der Waals surface area (Å²) in [6, 6.07) is 4.20. The van der Waals surface area contributed by atoms with Gasteiger partial charge in [-0.25, -0.2) is 0 Å². The van der Waals surface area contributed by atoms with E-state index in [1.54, 1.807) is 0 Å². The first-order valence-corrected chi connectivity index (χ1v) is 8.10. The molecular formula is C15H25BrN2O. The fraction of sp³-hybridized carbons (Fsp3) is 0.733. The molecule has 0 bridgehead atoms. The van der Waals surface area contributed by atoms with Crippen molar-refractivity contribution in [3.8, 4) is 0 Å². The molecule has 2 atom stereocenters. The Kier molecular flexibility index (Phi) is 5.48. The molecule has 1 aliphatic rings. The number of likely N-dealkylation sites (tertiary alicyclic amines) is 1. The van der Waals surface area contributed by atoms with Gasteiger partial charge in [0.05, 0.1) is 6.04 Å². The average molecular weight is 329 g/mol. The van der Waals surface area contributed by atoms with Crippen molar-refractivity contribution < 1.29 is 4.42 Å². The van der Waals surface area contributed by atoms with Crippen LogP contribution in [0.4, 0.5) is 0 Å². The third kappa shape index (κ3) is 3.83. The van der Waals surface area contributed by atoms with Gasteiger partial charge in [0.25, 0.3) is 0 Å². The number of halogens is 1. The smallest absolute Gasteiger partial charge is 0.169 e. The van der Waals surface area contributed by atoms with Gasteiger partial charge in [0.1, 0.15) is 5.76 Å². The molecule has 0 aromatic carbocycles. The topological polar surface area (TPSA) is 42.4 Å². The lowest BCUT2D eigenvalue weighted by molar-refractivity contribution is 0.180. The Labute approximate surface area is 124 Å². The van der Waals surface area contributed by atoms with E-state index in [2.05, 4.69) is 34.7 Å². The zero-order valence-corrected chi connectivity index (χ0v) is 13.5.